The summed E-state index contributed by atoms with van der Waals surface area (Å²) >= 11 is 0. The van der Waals surface area contributed by atoms with Crippen molar-refractivity contribution in [2.75, 3.05) is 6.54 Å². The molecule has 6 heteroatoms. The van der Waals surface area contributed by atoms with Gasteiger partial charge in [0.15, 0.2) is 0 Å². The van der Waals surface area contributed by atoms with Gasteiger partial charge in [-0.25, -0.2) is 0 Å². The van der Waals surface area contributed by atoms with Crippen LogP contribution >= 0.6 is 0 Å². The molecule has 1 fully saturated rings. The van der Waals surface area contributed by atoms with E-state index >= 15 is 0 Å². The van der Waals surface area contributed by atoms with Crippen molar-refractivity contribution in [3.05, 3.63) is 54.2 Å². The average Bonchev–Trinajstić information content (AvgIpc) is 3.24. The van der Waals surface area contributed by atoms with Crippen molar-refractivity contribution in [2.24, 2.45) is 0 Å². The van der Waals surface area contributed by atoms with Crippen molar-refractivity contribution in [3.63, 3.8) is 0 Å². The molecule has 1 N–H and O–H groups in total. The van der Waals surface area contributed by atoms with Crippen LogP contribution in [0.4, 0.5) is 0 Å². The first kappa shape index (κ1) is 14.3. The lowest BCUT2D eigenvalue weighted by molar-refractivity contribution is -0.125. The minimum absolute atomic E-state index is 0.154. The van der Waals surface area contributed by atoms with Gasteiger partial charge in [-0.1, -0.05) is 6.07 Å². The van der Waals surface area contributed by atoms with Crippen LogP contribution in [0, 0.1) is 0 Å². The summed E-state index contributed by atoms with van der Waals surface area (Å²) in [5.74, 6) is 0.336. The zero-order valence-electron chi connectivity index (χ0n) is 12.1. The van der Waals surface area contributed by atoms with Crippen molar-refractivity contribution < 1.29 is 14.0 Å². The molecule has 1 unspecified atom stereocenters. The van der Waals surface area contributed by atoms with E-state index in [9.17, 15) is 9.59 Å². The van der Waals surface area contributed by atoms with Crippen LogP contribution in [0.5, 0.6) is 0 Å². The topological polar surface area (TPSA) is 75.4 Å². The highest BCUT2D eigenvalue weighted by atomic mass is 16.3. The lowest BCUT2D eigenvalue weighted by atomic mass is 10.2. The number of aromatic nitrogens is 1. The summed E-state index contributed by atoms with van der Waals surface area (Å²) in [7, 11) is 0. The van der Waals surface area contributed by atoms with Gasteiger partial charge in [0.05, 0.1) is 12.8 Å². The molecule has 6 nitrogen and oxygen atoms in total. The number of nitrogens with one attached hydrogen (secondary N) is 1. The van der Waals surface area contributed by atoms with Gasteiger partial charge in [0.1, 0.15) is 17.5 Å². The van der Waals surface area contributed by atoms with Crippen LogP contribution in [0.3, 0.4) is 0 Å². The molecule has 0 aliphatic carbocycles. The molecule has 3 heterocycles. The monoisotopic (exact) mass is 299 g/mol. The molecule has 1 atom stereocenters. The molecule has 22 heavy (non-hydrogen) atoms. The number of nitrogens with zero attached hydrogens (tertiary/aromatic N) is 2. The fraction of sp³-hybridized carbons (Fsp3) is 0.312. The van der Waals surface area contributed by atoms with Gasteiger partial charge in [-0.05, 0) is 37.1 Å². The summed E-state index contributed by atoms with van der Waals surface area (Å²) in [5, 5.41) is 2.82. The van der Waals surface area contributed by atoms with E-state index in [0.717, 1.165) is 6.42 Å². The molecule has 0 aromatic carbocycles. The average molecular weight is 299 g/mol. The highest BCUT2D eigenvalue weighted by molar-refractivity contribution is 5.96. The lowest BCUT2D eigenvalue weighted by Gasteiger charge is -2.23. The highest BCUT2D eigenvalue weighted by Crippen LogP contribution is 2.19. The third-order valence-corrected chi connectivity index (χ3v) is 3.72. The second kappa shape index (κ2) is 6.43. The molecular weight excluding hydrogens is 282 g/mol. The van der Waals surface area contributed by atoms with Crippen LogP contribution in [-0.2, 0) is 11.3 Å². The summed E-state index contributed by atoms with van der Waals surface area (Å²) < 4.78 is 5.18. The Morgan fingerprint density at radius 1 is 1.32 bits per heavy atom. The van der Waals surface area contributed by atoms with Crippen molar-refractivity contribution >= 4 is 11.8 Å². The first-order chi connectivity index (χ1) is 10.8. The predicted octanol–water partition coefficient (Wildman–Crippen LogP) is 1.60. The lowest BCUT2D eigenvalue weighted by Crippen LogP contribution is -2.45. The van der Waals surface area contributed by atoms with E-state index in [4.69, 9.17) is 4.42 Å². The molecule has 114 valence electrons. The molecule has 0 radical (unpaired) electrons. The Bertz CT molecular complexity index is 640. The third-order valence-electron chi connectivity index (χ3n) is 3.72. The van der Waals surface area contributed by atoms with E-state index in [0.29, 0.717) is 31.0 Å². The van der Waals surface area contributed by atoms with Gasteiger partial charge in [0.2, 0.25) is 5.91 Å². The molecule has 1 saturated heterocycles. The van der Waals surface area contributed by atoms with Gasteiger partial charge >= 0.3 is 0 Å². The third kappa shape index (κ3) is 3.00. The fourth-order valence-electron chi connectivity index (χ4n) is 2.62. The summed E-state index contributed by atoms with van der Waals surface area (Å²) in [6.07, 6.45) is 4.63. The molecular formula is C16H17N3O3. The maximum absolute atomic E-state index is 12.5. The van der Waals surface area contributed by atoms with Crippen molar-refractivity contribution in [3.8, 4) is 0 Å². The maximum atomic E-state index is 12.5. The predicted molar refractivity (Wildman–Crippen MR) is 78.9 cm³/mol. The Morgan fingerprint density at radius 2 is 2.23 bits per heavy atom. The quantitative estimate of drug-likeness (QED) is 0.930. The van der Waals surface area contributed by atoms with E-state index in [1.807, 2.05) is 0 Å². The number of carbonyl (C=O) groups excluding carboxylic acids is 2. The zero-order valence-corrected chi connectivity index (χ0v) is 12.1. The van der Waals surface area contributed by atoms with Crippen molar-refractivity contribution in [2.45, 2.75) is 25.4 Å². The summed E-state index contributed by atoms with van der Waals surface area (Å²) in [6.45, 7) is 0.905. The van der Waals surface area contributed by atoms with Crippen molar-refractivity contribution in [1.82, 2.24) is 15.2 Å². The number of likely N-dealkylation sites (tertiary alicyclic amines) is 1. The molecule has 0 spiro atoms. The molecule has 1 aliphatic heterocycles. The number of rotatable bonds is 4. The van der Waals surface area contributed by atoms with E-state index in [1.165, 1.54) is 0 Å². The molecule has 2 aromatic rings. The number of furan rings is 1. The number of pyridine rings is 1. The summed E-state index contributed by atoms with van der Waals surface area (Å²) in [4.78, 5) is 30.4. The second-order valence-electron chi connectivity index (χ2n) is 5.17. The van der Waals surface area contributed by atoms with Gasteiger partial charge in [0, 0.05) is 12.7 Å². The van der Waals surface area contributed by atoms with E-state index in [-0.39, 0.29) is 11.8 Å². The van der Waals surface area contributed by atoms with Crippen LogP contribution in [0.15, 0.2) is 47.2 Å². The summed E-state index contributed by atoms with van der Waals surface area (Å²) in [6, 6.07) is 8.32. The normalized spacial score (nSPS) is 17.5. The maximum Gasteiger partial charge on any atom is 0.273 e. The number of hydrogen-bond acceptors (Lipinski definition) is 4. The number of hydrogen-bond donors (Lipinski definition) is 1. The molecule has 3 rings (SSSR count). The van der Waals surface area contributed by atoms with Crippen LogP contribution < -0.4 is 5.32 Å². The minimum Gasteiger partial charge on any atom is -0.467 e. The standard InChI is InChI=1S/C16H17N3O3/c20-15(18-11-12-5-4-10-22-12)14-7-3-9-19(14)16(21)13-6-1-2-8-17-13/h1-2,4-6,8,10,14H,3,7,9,11H2,(H,18,20). The Morgan fingerprint density at radius 3 is 2.95 bits per heavy atom. The Hall–Kier alpha value is -2.63. The Labute approximate surface area is 128 Å². The van der Waals surface area contributed by atoms with Crippen LogP contribution in [-0.4, -0.2) is 34.3 Å². The molecule has 2 amide bonds. The fourth-order valence-corrected chi connectivity index (χ4v) is 2.62. The van der Waals surface area contributed by atoms with Gasteiger partial charge in [-0.15, -0.1) is 0 Å². The smallest absolute Gasteiger partial charge is 0.273 e. The summed E-state index contributed by atoms with van der Waals surface area (Å²) in [5.41, 5.74) is 0.369. The van der Waals surface area contributed by atoms with Gasteiger partial charge in [0.25, 0.3) is 5.91 Å². The van der Waals surface area contributed by atoms with E-state index in [1.54, 1.807) is 47.7 Å². The van der Waals surface area contributed by atoms with Gasteiger partial charge in [-0.3, -0.25) is 14.6 Å². The number of carbonyl (C=O) groups is 2. The van der Waals surface area contributed by atoms with Gasteiger partial charge in [-0.2, -0.15) is 0 Å². The molecule has 2 aromatic heterocycles. The van der Waals surface area contributed by atoms with Crippen LogP contribution in [0.2, 0.25) is 0 Å². The van der Waals surface area contributed by atoms with E-state index < -0.39 is 6.04 Å². The van der Waals surface area contributed by atoms with E-state index in [2.05, 4.69) is 10.3 Å². The van der Waals surface area contributed by atoms with Crippen molar-refractivity contribution in [1.29, 1.82) is 0 Å². The highest BCUT2D eigenvalue weighted by Gasteiger charge is 2.34. The Balaban J connectivity index is 1.65. The molecule has 1 aliphatic rings. The number of amides is 2. The first-order valence-corrected chi connectivity index (χ1v) is 7.28. The minimum atomic E-state index is -0.440. The second-order valence-corrected chi connectivity index (χ2v) is 5.17. The molecule has 0 saturated carbocycles. The molecule has 0 bridgehead atoms. The van der Waals surface area contributed by atoms with Crippen LogP contribution in [0.25, 0.3) is 0 Å². The Kier molecular flexibility index (Phi) is 4.18. The largest absolute Gasteiger partial charge is 0.467 e. The first-order valence-electron chi connectivity index (χ1n) is 7.28. The SMILES string of the molecule is O=C(NCc1ccco1)C1CCCN1C(=O)c1ccccn1. The zero-order chi connectivity index (χ0) is 15.4. The van der Waals surface area contributed by atoms with Gasteiger partial charge < -0.3 is 14.6 Å². The van der Waals surface area contributed by atoms with Crippen LogP contribution in [0.1, 0.15) is 29.1 Å².